The first kappa shape index (κ1) is 10.9. The molecule has 0 fully saturated rings. The number of thiazole rings is 1. The second-order valence-corrected chi connectivity index (χ2v) is 3.38. The summed E-state index contributed by atoms with van der Waals surface area (Å²) in [7, 11) is 0. The van der Waals surface area contributed by atoms with E-state index in [0.717, 1.165) is 0 Å². The molecule has 1 aromatic rings. The molecule has 8 heteroatoms. The van der Waals surface area contributed by atoms with Gasteiger partial charge in [0.1, 0.15) is 9.88 Å². The molecule has 3 N–H and O–H groups in total. The Morgan fingerprint density at radius 1 is 1.57 bits per heavy atom. The third-order valence-electron chi connectivity index (χ3n) is 1.31. The summed E-state index contributed by atoms with van der Waals surface area (Å²) < 4.78 is 36.6. The SMILES string of the molecule is NCc1nc(C(F)(F)F)c(C(=O)O)s1. The zero-order valence-electron chi connectivity index (χ0n) is 6.63. The molecule has 14 heavy (non-hydrogen) atoms. The summed E-state index contributed by atoms with van der Waals surface area (Å²) in [6.07, 6.45) is -4.75. The smallest absolute Gasteiger partial charge is 0.435 e. The van der Waals surface area contributed by atoms with Crippen molar-refractivity contribution in [3.05, 3.63) is 15.6 Å². The van der Waals surface area contributed by atoms with Crippen LogP contribution in [-0.4, -0.2) is 16.1 Å². The molecule has 0 bridgehead atoms. The molecule has 1 heterocycles. The highest BCUT2D eigenvalue weighted by molar-refractivity contribution is 7.13. The fourth-order valence-electron chi connectivity index (χ4n) is 0.789. The van der Waals surface area contributed by atoms with E-state index in [1.54, 1.807) is 0 Å². The largest absolute Gasteiger partial charge is 0.477 e. The second kappa shape index (κ2) is 3.54. The number of carboxylic acids is 1. The van der Waals surface area contributed by atoms with Gasteiger partial charge in [-0.15, -0.1) is 11.3 Å². The lowest BCUT2D eigenvalue weighted by Crippen LogP contribution is -2.11. The topological polar surface area (TPSA) is 76.2 Å². The number of halogens is 3. The van der Waals surface area contributed by atoms with E-state index in [4.69, 9.17) is 10.8 Å². The molecular formula is C6H5F3N2O2S. The van der Waals surface area contributed by atoms with Gasteiger partial charge in [0.25, 0.3) is 0 Å². The van der Waals surface area contributed by atoms with E-state index in [2.05, 4.69) is 4.98 Å². The first-order valence-electron chi connectivity index (χ1n) is 3.36. The van der Waals surface area contributed by atoms with Gasteiger partial charge >= 0.3 is 12.1 Å². The van der Waals surface area contributed by atoms with E-state index in [0.29, 0.717) is 11.3 Å². The molecule has 1 rings (SSSR count). The number of nitrogens with zero attached hydrogens (tertiary/aromatic N) is 1. The van der Waals surface area contributed by atoms with Crippen LogP contribution in [0.5, 0.6) is 0 Å². The maximum absolute atomic E-state index is 12.2. The lowest BCUT2D eigenvalue weighted by molar-refractivity contribution is -0.141. The summed E-state index contributed by atoms with van der Waals surface area (Å²) in [4.78, 5) is 12.7. The lowest BCUT2D eigenvalue weighted by Gasteiger charge is -2.02. The molecule has 0 saturated carbocycles. The molecule has 0 radical (unpaired) electrons. The third kappa shape index (κ3) is 2.02. The minimum atomic E-state index is -4.75. The van der Waals surface area contributed by atoms with Gasteiger partial charge in [-0.1, -0.05) is 0 Å². The fourth-order valence-corrected chi connectivity index (χ4v) is 1.59. The Morgan fingerprint density at radius 3 is 2.43 bits per heavy atom. The maximum atomic E-state index is 12.2. The summed E-state index contributed by atoms with van der Waals surface area (Å²) in [6.45, 7) is -0.207. The predicted molar refractivity (Wildman–Crippen MR) is 42.0 cm³/mol. The van der Waals surface area contributed by atoms with Crippen LogP contribution >= 0.6 is 11.3 Å². The molecule has 0 aromatic carbocycles. The average molecular weight is 226 g/mol. The van der Waals surface area contributed by atoms with Crippen molar-refractivity contribution in [2.45, 2.75) is 12.7 Å². The van der Waals surface area contributed by atoms with Crippen LogP contribution in [0.1, 0.15) is 20.4 Å². The molecule has 0 saturated heterocycles. The van der Waals surface area contributed by atoms with Crippen LogP contribution in [0.25, 0.3) is 0 Å². The van der Waals surface area contributed by atoms with Gasteiger partial charge in [0, 0.05) is 6.54 Å². The Kier molecular flexibility index (Phi) is 2.76. The predicted octanol–water partition coefficient (Wildman–Crippen LogP) is 1.32. The highest BCUT2D eigenvalue weighted by Crippen LogP contribution is 2.34. The number of rotatable bonds is 2. The Morgan fingerprint density at radius 2 is 2.14 bits per heavy atom. The van der Waals surface area contributed by atoms with Crippen molar-refractivity contribution in [1.82, 2.24) is 4.98 Å². The van der Waals surface area contributed by atoms with Crippen molar-refractivity contribution in [2.75, 3.05) is 0 Å². The third-order valence-corrected chi connectivity index (χ3v) is 2.37. The van der Waals surface area contributed by atoms with Crippen molar-refractivity contribution in [3.8, 4) is 0 Å². The number of alkyl halides is 3. The van der Waals surface area contributed by atoms with Gasteiger partial charge in [0.05, 0.1) is 0 Å². The minimum absolute atomic E-state index is 0.0466. The molecule has 0 aliphatic rings. The number of hydrogen-bond acceptors (Lipinski definition) is 4. The van der Waals surface area contributed by atoms with E-state index in [1.807, 2.05) is 0 Å². The molecule has 0 atom stereocenters. The summed E-state index contributed by atoms with van der Waals surface area (Å²) in [5.74, 6) is -1.64. The van der Waals surface area contributed by atoms with E-state index in [1.165, 1.54) is 0 Å². The number of aromatic nitrogens is 1. The van der Waals surface area contributed by atoms with E-state index in [-0.39, 0.29) is 11.6 Å². The molecule has 0 spiro atoms. The standard InChI is InChI=1S/C6H5F3N2O2S/c7-6(8,9)4-3(5(12)13)14-2(1-10)11-4/h1,10H2,(H,12,13). The minimum Gasteiger partial charge on any atom is -0.477 e. The van der Waals surface area contributed by atoms with Gasteiger partial charge in [0.2, 0.25) is 0 Å². The van der Waals surface area contributed by atoms with Gasteiger partial charge in [-0.25, -0.2) is 9.78 Å². The molecule has 0 aliphatic heterocycles. The quantitative estimate of drug-likeness (QED) is 0.797. The molecule has 4 nitrogen and oxygen atoms in total. The van der Waals surface area contributed by atoms with Crippen LogP contribution in [0.15, 0.2) is 0 Å². The van der Waals surface area contributed by atoms with Crippen molar-refractivity contribution < 1.29 is 23.1 Å². The van der Waals surface area contributed by atoms with Crippen molar-refractivity contribution in [2.24, 2.45) is 5.73 Å². The maximum Gasteiger partial charge on any atom is 0.435 e. The first-order valence-corrected chi connectivity index (χ1v) is 4.18. The van der Waals surface area contributed by atoms with Crippen molar-refractivity contribution in [1.29, 1.82) is 0 Å². The number of carboxylic acid groups (broad SMARTS) is 1. The average Bonchev–Trinajstić information content (AvgIpc) is 2.46. The van der Waals surface area contributed by atoms with Gasteiger partial charge in [-0.05, 0) is 0 Å². The Balaban J connectivity index is 3.26. The Labute approximate surface area is 80.2 Å². The van der Waals surface area contributed by atoms with Gasteiger partial charge in [0.15, 0.2) is 5.69 Å². The van der Waals surface area contributed by atoms with Gasteiger partial charge < -0.3 is 10.8 Å². The number of carbonyl (C=O) groups is 1. The Hall–Kier alpha value is -1.15. The molecule has 1 aromatic heterocycles. The summed E-state index contributed by atoms with van der Waals surface area (Å²) >= 11 is 0.439. The summed E-state index contributed by atoms with van der Waals surface area (Å²) in [6, 6.07) is 0. The van der Waals surface area contributed by atoms with Crippen LogP contribution in [0.2, 0.25) is 0 Å². The fraction of sp³-hybridized carbons (Fsp3) is 0.333. The summed E-state index contributed by atoms with van der Waals surface area (Å²) in [5.41, 5.74) is 3.68. The van der Waals surface area contributed by atoms with Crippen molar-refractivity contribution >= 4 is 17.3 Å². The molecule has 0 unspecified atom stereocenters. The van der Waals surface area contributed by atoms with E-state index in [9.17, 15) is 18.0 Å². The Bertz CT molecular complexity index is 360. The first-order chi connectivity index (χ1) is 6.36. The summed E-state index contributed by atoms with van der Waals surface area (Å²) in [5, 5.41) is 8.42. The second-order valence-electron chi connectivity index (χ2n) is 2.29. The molecule has 0 aliphatic carbocycles. The number of aromatic carboxylic acids is 1. The highest BCUT2D eigenvalue weighted by atomic mass is 32.1. The molecule has 78 valence electrons. The zero-order valence-corrected chi connectivity index (χ0v) is 7.45. The molecular weight excluding hydrogens is 221 g/mol. The zero-order chi connectivity index (χ0) is 10.9. The van der Waals surface area contributed by atoms with Gasteiger partial charge in [-0.3, -0.25) is 0 Å². The lowest BCUT2D eigenvalue weighted by atomic mass is 10.3. The number of hydrogen-bond donors (Lipinski definition) is 2. The number of nitrogens with two attached hydrogens (primary N) is 1. The monoisotopic (exact) mass is 226 g/mol. The highest BCUT2D eigenvalue weighted by Gasteiger charge is 2.39. The van der Waals surface area contributed by atoms with E-state index >= 15 is 0 Å². The van der Waals surface area contributed by atoms with Crippen LogP contribution in [0, 0.1) is 0 Å². The van der Waals surface area contributed by atoms with Crippen LogP contribution in [-0.2, 0) is 12.7 Å². The van der Waals surface area contributed by atoms with E-state index < -0.39 is 22.7 Å². The normalized spacial score (nSPS) is 11.7. The molecule has 0 amide bonds. The van der Waals surface area contributed by atoms with Gasteiger partial charge in [-0.2, -0.15) is 13.2 Å². The van der Waals surface area contributed by atoms with Crippen molar-refractivity contribution in [3.63, 3.8) is 0 Å². The van der Waals surface area contributed by atoms with Crippen LogP contribution in [0.3, 0.4) is 0 Å². The van der Waals surface area contributed by atoms with Crippen LogP contribution < -0.4 is 5.73 Å². The van der Waals surface area contributed by atoms with Crippen LogP contribution in [0.4, 0.5) is 13.2 Å².